The first-order valence-electron chi connectivity index (χ1n) is 6.22. The molecule has 0 fully saturated rings. The molecule has 0 aromatic heterocycles. The minimum Gasteiger partial charge on any atom is -0.396 e. The second-order valence-corrected chi connectivity index (χ2v) is 4.82. The Labute approximate surface area is 104 Å². The Kier molecular flexibility index (Phi) is 5.62. The van der Waals surface area contributed by atoms with Crippen molar-refractivity contribution in [1.29, 1.82) is 0 Å². The fraction of sp³-hybridized carbons (Fsp3) is 0.571. The lowest BCUT2D eigenvalue weighted by Crippen LogP contribution is -2.39. The van der Waals surface area contributed by atoms with Crippen LogP contribution in [0.4, 0.5) is 0 Å². The molecule has 0 aliphatic heterocycles. The van der Waals surface area contributed by atoms with Crippen molar-refractivity contribution < 1.29 is 5.11 Å². The van der Waals surface area contributed by atoms with Crippen molar-refractivity contribution in [2.75, 3.05) is 13.2 Å². The zero-order valence-corrected chi connectivity index (χ0v) is 11.0. The third-order valence-electron chi connectivity index (χ3n) is 3.29. The second kappa shape index (κ2) is 6.74. The van der Waals surface area contributed by atoms with Gasteiger partial charge in [-0.2, -0.15) is 0 Å². The number of aliphatic hydroxyl groups excluding tert-OH is 1. The Bertz CT molecular complexity index is 341. The van der Waals surface area contributed by atoms with Crippen LogP contribution in [0, 0.1) is 12.8 Å². The molecule has 3 nitrogen and oxygen atoms in total. The van der Waals surface area contributed by atoms with Gasteiger partial charge in [0.1, 0.15) is 0 Å². The van der Waals surface area contributed by atoms with Gasteiger partial charge < -0.3 is 16.2 Å². The van der Waals surface area contributed by atoms with Crippen molar-refractivity contribution >= 4 is 0 Å². The van der Waals surface area contributed by atoms with Crippen LogP contribution in [0.5, 0.6) is 0 Å². The van der Waals surface area contributed by atoms with Crippen molar-refractivity contribution in [2.24, 2.45) is 11.7 Å². The molecule has 1 aromatic carbocycles. The maximum absolute atomic E-state index is 9.13. The molecule has 0 aliphatic carbocycles. The quantitative estimate of drug-likeness (QED) is 0.703. The Balaban J connectivity index is 2.72. The number of aliphatic hydroxyl groups is 1. The topological polar surface area (TPSA) is 58.3 Å². The van der Waals surface area contributed by atoms with E-state index in [-0.39, 0.29) is 24.6 Å². The van der Waals surface area contributed by atoms with E-state index in [0.717, 1.165) is 0 Å². The zero-order valence-electron chi connectivity index (χ0n) is 11.0. The standard InChI is InChI=1S/C14H24N2O/c1-10-5-4-6-13(7-10)14(8-15)16-12(3)11(2)9-17/h4-7,11-12,14,16-17H,8-9,15H2,1-3H3. The highest BCUT2D eigenvalue weighted by Crippen LogP contribution is 2.15. The minimum atomic E-state index is 0.152. The van der Waals surface area contributed by atoms with Gasteiger partial charge in [0.25, 0.3) is 0 Å². The Morgan fingerprint density at radius 1 is 1.35 bits per heavy atom. The van der Waals surface area contributed by atoms with E-state index >= 15 is 0 Å². The summed E-state index contributed by atoms with van der Waals surface area (Å²) in [7, 11) is 0. The van der Waals surface area contributed by atoms with E-state index in [1.807, 2.05) is 6.92 Å². The van der Waals surface area contributed by atoms with Crippen LogP contribution in [-0.4, -0.2) is 24.3 Å². The second-order valence-electron chi connectivity index (χ2n) is 4.82. The molecule has 3 heteroatoms. The highest BCUT2D eigenvalue weighted by Gasteiger charge is 2.16. The van der Waals surface area contributed by atoms with Crippen molar-refractivity contribution in [1.82, 2.24) is 5.32 Å². The number of nitrogens with one attached hydrogen (secondary N) is 1. The molecule has 3 unspecified atom stereocenters. The van der Waals surface area contributed by atoms with Crippen LogP contribution in [0.3, 0.4) is 0 Å². The molecule has 0 aliphatic rings. The van der Waals surface area contributed by atoms with Crippen molar-refractivity contribution in [3.63, 3.8) is 0 Å². The van der Waals surface area contributed by atoms with Crippen LogP contribution in [0.1, 0.15) is 31.0 Å². The van der Waals surface area contributed by atoms with Crippen LogP contribution in [0.15, 0.2) is 24.3 Å². The highest BCUT2D eigenvalue weighted by molar-refractivity contribution is 5.25. The normalized spacial score (nSPS) is 16.5. The smallest absolute Gasteiger partial charge is 0.0471 e. The third-order valence-corrected chi connectivity index (χ3v) is 3.29. The van der Waals surface area contributed by atoms with Crippen LogP contribution < -0.4 is 11.1 Å². The van der Waals surface area contributed by atoms with Gasteiger partial charge in [0.2, 0.25) is 0 Å². The number of aryl methyl sites for hydroxylation is 1. The molecular formula is C14H24N2O. The lowest BCUT2D eigenvalue weighted by molar-refractivity contribution is 0.201. The van der Waals surface area contributed by atoms with E-state index in [9.17, 15) is 0 Å². The van der Waals surface area contributed by atoms with Crippen molar-refractivity contribution in [3.05, 3.63) is 35.4 Å². The first-order valence-corrected chi connectivity index (χ1v) is 6.22. The molecule has 3 atom stereocenters. The first-order chi connectivity index (χ1) is 8.08. The molecule has 0 amide bonds. The van der Waals surface area contributed by atoms with E-state index in [0.29, 0.717) is 6.54 Å². The van der Waals surface area contributed by atoms with Crippen LogP contribution >= 0.6 is 0 Å². The molecule has 0 heterocycles. The lowest BCUT2D eigenvalue weighted by Gasteiger charge is -2.26. The largest absolute Gasteiger partial charge is 0.396 e. The summed E-state index contributed by atoms with van der Waals surface area (Å²) in [5.74, 6) is 0.230. The molecule has 1 rings (SSSR count). The molecule has 1 aromatic rings. The van der Waals surface area contributed by atoms with Gasteiger partial charge >= 0.3 is 0 Å². The third kappa shape index (κ3) is 4.11. The Morgan fingerprint density at radius 2 is 2.06 bits per heavy atom. The number of benzene rings is 1. The average Bonchev–Trinajstić information content (AvgIpc) is 2.34. The van der Waals surface area contributed by atoms with E-state index < -0.39 is 0 Å². The van der Waals surface area contributed by atoms with Gasteiger partial charge in [-0.3, -0.25) is 0 Å². The van der Waals surface area contributed by atoms with E-state index in [1.165, 1.54) is 11.1 Å². The summed E-state index contributed by atoms with van der Waals surface area (Å²) in [5, 5.41) is 12.6. The summed E-state index contributed by atoms with van der Waals surface area (Å²) < 4.78 is 0. The van der Waals surface area contributed by atoms with Crippen molar-refractivity contribution in [2.45, 2.75) is 32.9 Å². The van der Waals surface area contributed by atoms with Gasteiger partial charge in [-0.25, -0.2) is 0 Å². The van der Waals surface area contributed by atoms with Gasteiger partial charge in [-0.05, 0) is 25.3 Å². The summed E-state index contributed by atoms with van der Waals surface area (Å²) in [6, 6.07) is 8.77. The summed E-state index contributed by atoms with van der Waals surface area (Å²) in [4.78, 5) is 0. The van der Waals surface area contributed by atoms with Gasteiger partial charge in [0.05, 0.1) is 0 Å². The molecule has 4 N–H and O–H groups in total. The fourth-order valence-corrected chi connectivity index (χ4v) is 1.83. The molecule has 17 heavy (non-hydrogen) atoms. The number of hydrogen-bond donors (Lipinski definition) is 3. The van der Waals surface area contributed by atoms with Gasteiger partial charge in [0.15, 0.2) is 0 Å². The van der Waals surface area contributed by atoms with E-state index in [4.69, 9.17) is 10.8 Å². The van der Waals surface area contributed by atoms with Gasteiger partial charge in [-0.1, -0.05) is 36.8 Å². The zero-order chi connectivity index (χ0) is 12.8. The Hall–Kier alpha value is -0.900. The monoisotopic (exact) mass is 236 g/mol. The number of hydrogen-bond acceptors (Lipinski definition) is 3. The summed E-state index contributed by atoms with van der Waals surface area (Å²) >= 11 is 0. The minimum absolute atomic E-state index is 0.152. The first kappa shape index (κ1) is 14.2. The molecule has 0 bridgehead atoms. The molecule has 0 spiro atoms. The van der Waals surface area contributed by atoms with Crippen LogP contribution in [0.25, 0.3) is 0 Å². The molecular weight excluding hydrogens is 212 g/mol. The van der Waals surface area contributed by atoms with Crippen LogP contribution in [-0.2, 0) is 0 Å². The Morgan fingerprint density at radius 3 is 2.59 bits per heavy atom. The molecule has 0 saturated carbocycles. The van der Waals surface area contributed by atoms with E-state index in [1.54, 1.807) is 0 Å². The van der Waals surface area contributed by atoms with Gasteiger partial charge in [-0.15, -0.1) is 0 Å². The van der Waals surface area contributed by atoms with Crippen molar-refractivity contribution in [3.8, 4) is 0 Å². The molecule has 0 radical (unpaired) electrons. The fourth-order valence-electron chi connectivity index (χ4n) is 1.83. The summed E-state index contributed by atoms with van der Waals surface area (Å²) in [6.07, 6.45) is 0. The summed E-state index contributed by atoms with van der Waals surface area (Å²) in [6.45, 7) is 6.95. The van der Waals surface area contributed by atoms with E-state index in [2.05, 4.69) is 43.4 Å². The number of nitrogens with two attached hydrogens (primary N) is 1. The van der Waals surface area contributed by atoms with Gasteiger partial charge in [0, 0.05) is 25.2 Å². The predicted octanol–water partition coefficient (Wildman–Crippen LogP) is 1.60. The highest BCUT2D eigenvalue weighted by atomic mass is 16.3. The molecule has 0 saturated heterocycles. The summed E-state index contributed by atoms with van der Waals surface area (Å²) in [5.41, 5.74) is 8.27. The maximum atomic E-state index is 9.13. The average molecular weight is 236 g/mol. The maximum Gasteiger partial charge on any atom is 0.0471 e. The lowest BCUT2D eigenvalue weighted by atomic mass is 10.00. The SMILES string of the molecule is Cc1cccc(C(CN)NC(C)C(C)CO)c1. The predicted molar refractivity (Wildman–Crippen MR) is 71.8 cm³/mol. The number of rotatable bonds is 6. The molecule has 96 valence electrons. The van der Waals surface area contributed by atoms with Crippen LogP contribution in [0.2, 0.25) is 0 Å².